The van der Waals surface area contributed by atoms with Gasteiger partial charge in [0.05, 0.1) is 0 Å². The zero-order valence-electron chi connectivity index (χ0n) is 8.03. The van der Waals surface area contributed by atoms with Gasteiger partial charge >= 0.3 is 0 Å². The van der Waals surface area contributed by atoms with Gasteiger partial charge in [-0.15, -0.1) is 0 Å². The normalized spacial score (nSPS) is 20.9. The maximum Gasteiger partial charge on any atom is 0.229 e. The number of carbonyl (C=O) groups is 2. The van der Waals surface area contributed by atoms with Crippen molar-refractivity contribution in [3.63, 3.8) is 0 Å². The predicted octanol–water partition coefficient (Wildman–Crippen LogP) is 1.41. The van der Waals surface area contributed by atoms with Crippen LogP contribution in [0.3, 0.4) is 0 Å². The number of rotatable bonds is 3. The first-order valence-corrected chi connectivity index (χ1v) is 4.96. The van der Waals surface area contributed by atoms with Crippen LogP contribution in [0.1, 0.15) is 25.7 Å². The van der Waals surface area contributed by atoms with E-state index in [1.54, 1.807) is 0 Å². The fourth-order valence-electron chi connectivity index (χ4n) is 1.81. The van der Waals surface area contributed by atoms with Gasteiger partial charge in [-0.25, -0.2) is 0 Å². The lowest BCUT2D eigenvalue weighted by Crippen LogP contribution is -2.30. The molecule has 0 spiro atoms. The second kappa shape index (κ2) is 3.78. The van der Waals surface area contributed by atoms with Gasteiger partial charge in [0.2, 0.25) is 11.8 Å². The Morgan fingerprint density at radius 3 is 2.50 bits per heavy atom. The van der Waals surface area contributed by atoms with Crippen LogP contribution in [0.4, 0.5) is 0 Å². The van der Waals surface area contributed by atoms with Crippen molar-refractivity contribution in [1.29, 1.82) is 0 Å². The van der Waals surface area contributed by atoms with E-state index in [-0.39, 0.29) is 11.8 Å². The highest BCUT2D eigenvalue weighted by Crippen LogP contribution is 2.17. The minimum absolute atomic E-state index is 0.0161. The minimum Gasteiger partial charge on any atom is -0.282 e. The summed E-state index contributed by atoms with van der Waals surface area (Å²) in [5, 5.41) is 0. The van der Waals surface area contributed by atoms with E-state index in [9.17, 15) is 9.59 Å². The molecule has 74 valence electrons. The van der Waals surface area contributed by atoms with Crippen LogP contribution in [0.15, 0.2) is 23.8 Å². The third-order valence-electron chi connectivity index (χ3n) is 2.63. The molecule has 0 saturated carbocycles. The maximum absolute atomic E-state index is 11.3. The summed E-state index contributed by atoms with van der Waals surface area (Å²) in [6, 6.07) is 0. The van der Waals surface area contributed by atoms with Crippen molar-refractivity contribution in [2.45, 2.75) is 25.7 Å². The van der Waals surface area contributed by atoms with Gasteiger partial charge in [0.1, 0.15) is 0 Å². The molecule has 2 amide bonds. The monoisotopic (exact) mass is 191 g/mol. The SMILES string of the molecule is O=C1CCC(=O)N1CCC1=CCC=C1. The number of carbonyl (C=O) groups excluding carboxylic acids is 2. The number of nitrogens with zero attached hydrogens (tertiary/aromatic N) is 1. The van der Waals surface area contributed by atoms with Gasteiger partial charge in [0.25, 0.3) is 0 Å². The number of hydrogen-bond acceptors (Lipinski definition) is 2. The summed E-state index contributed by atoms with van der Waals surface area (Å²) in [7, 11) is 0. The van der Waals surface area contributed by atoms with E-state index in [4.69, 9.17) is 0 Å². The fraction of sp³-hybridized carbons (Fsp3) is 0.455. The molecule has 1 aliphatic heterocycles. The quantitative estimate of drug-likeness (QED) is 0.632. The second-order valence-corrected chi connectivity index (χ2v) is 3.61. The molecule has 2 aliphatic rings. The average Bonchev–Trinajstić information content (AvgIpc) is 2.76. The number of amides is 2. The zero-order valence-corrected chi connectivity index (χ0v) is 8.03. The van der Waals surface area contributed by atoms with Gasteiger partial charge in [-0.2, -0.15) is 0 Å². The Hall–Kier alpha value is -1.38. The van der Waals surface area contributed by atoms with Crippen LogP contribution in [0, 0.1) is 0 Å². The largest absolute Gasteiger partial charge is 0.282 e. The summed E-state index contributed by atoms with van der Waals surface area (Å²) in [5.41, 5.74) is 1.23. The molecule has 1 saturated heterocycles. The zero-order chi connectivity index (χ0) is 9.97. The van der Waals surface area contributed by atoms with Crippen molar-refractivity contribution < 1.29 is 9.59 Å². The molecule has 0 unspecified atom stereocenters. The molecule has 0 bridgehead atoms. The Kier molecular flexibility index (Phi) is 2.48. The van der Waals surface area contributed by atoms with Crippen LogP contribution >= 0.6 is 0 Å². The molecule has 0 aromatic rings. The highest BCUT2D eigenvalue weighted by Gasteiger charge is 2.28. The van der Waals surface area contributed by atoms with Crippen molar-refractivity contribution >= 4 is 11.8 Å². The van der Waals surface area contributed by atoms with Crippen molar-refractivity contribution in [2.75, 3.05) is 6.54 Å². The van der Waals surface area contributed by atoms with Gasteiger partial charge in [0, 0.05) is 19.4 Å². The molecular weight excluding hydrogens is 178 g/mol. The van der Waals surface area contributed by atoms with Gasteiger partial charge in [-0.3, -0.25) is 14.5 Å². The Balaban J connectivity index is 1.88. The van der Waals surface area contributed by atoms with E-state index >= 15 is 0 Å². The van der Waals surface area contributed by atoms with Gasteiger partial charge in [-0.05, 0) is 12.8 Å². The molecule has 2 rings (SSSR count). The van der Waals surface area contributed by atoms with Crippen molar-refractivity contribution in [1.82, 2.24) is 4.90 Å². The van der Waals surface area contributed by atoms with Crippen LogP contribution in [0.2, 0.25) is 0 Å². The van der Waals surface area contributed by atoms with Crippen LogP contribution in [-0.2, 0) is 9.59 Å². The number of imide groups is 1. The number of likely N-dealkylation sites (tertiary alicyclic amines) is 1. The maximum atomic E-state index is 11.3. The molecular formula is C11H13NO2. The van der Waals surface area contributed by atoms with Crippen molar-refractivity contribution in [3.8, 4) is 0 Å². The van der Waals surface area contributed by atoms with Crippen LogP contribution in [-0.4, -0.2) is 23.3 Å². The predicted molar refractivity (Wildman–Crippen MR) is 52.4 cm³/mol. The van der Waals surface area contributed by atoms with E-state index in [0.717, 1.165) is 12.8 Å². The first-order valence-electron chi connectivity index (χ1n) is 4.96. The Morgan fingerprint density at radius 2 is 1.93 bits per heavy atom. The molecule has 0 radical (unpaired) electrons. The summed E-state index contributed by atoms with van der Waals surface area (Å²) in [6.07, 6.45) is 8.85. The van der Waals surface area contributed by atoms with Crippen molar-refractivity contribution in [2.24, 2.45) is 0 Å². The number of allylic oxidation sites excluding steroid dienone is 3. The third-order valence-corrected chi connectivity index (χ3v) is 2.63. The lowest BCUT2D eigenvalue weighted by molar-refractivity contribution is -0.138. The Labute approximate surface area is 83.1 Å². The first-order chi connectivity index (χ1) is 6.77. The molecule has 3 nitrogen and oxygen atoms in total. The molecule has 1 fully saturated rings. The molecule has 14 heavy (non-hydrogen) atoms. The fourth-order valence-corrected chi connectivity index (χ4v) is 1.81. The van der Waals surface area contributed by atoms with E-state index < -0.39 is 0 Å². The summed E-state index contributed by atoms with van der Waals surface area (Å²) < 4.78 is 0. The van der Waals surface area contributed by atoms with Gasteiger partial charge in [-0.1, -0.05) is 23.8 Å². The van der Waals surface area contributed by atoms with Gasteiger partial charge < -0.3 is 0 Å². The van der Waals surface area contributed by atoms with E-state index in [2.05, 4.69) is 18.2 Å². The highest BCUT2D eigenvalue weighted by atomic mass is 16.2. The van der Waals surface area contributed by atoms with Gasteiger partial charge in [0.15, 0.2) is 0 Å². The smallest absolute Gasteiger partial charge is 0.229 e. The third kappa shape index (κ3) is 1.76. The molecule has 0 N–H and O–H groups in total. The molecule has 1 heterocycles. The standard InChI is InChI=1S/C11H13NO2/c13-10-5-6-11(14)12(10)8-7-9-3-1-2-4-9/h1,3-4H,2,5-8H2. The summed E-state index contributed by atoms with van der Waals surface area (Å²) in [4.78, 5) is 23.9. The van der Waals surface area contributed by atoms with E-state index in [0.29, 0.717) is 19.4 Å². The van der Waals surface area contributed by atoms with Crippen LogP contribution in [0.5, 0.6) is 0 Å². The van der Waals surface area contributed by atoms with E-state index in [1.807, 2.05) is 0 Å². The summed E-state index contributed by atoms with van der Waals surface area (Å²) in [6.45, 7) is 0.549. The molecule has 0 aromatic carbocycles. The summed E-state index contributed by atoms with van der Waals surface area (Å²) >= 11 is 0. The lowest BCUT2D eigenvalue weighted by Gasteiger charge is -2.12. The molecule has 0 atom stereocenters. The molecule has 0 aromatic heterocycles. The van der Waals surface area contributed by atoms with Crippen LogP contribution in [0.25, 0.3) is 0 Å². The second-order valence-electron chi connectivity index (χ2n) is 3.61. The summed E-state index contributed by atoms with van der Waals surface area (Å²) in [5.74, 6) is -0.0323. The lowest BCUT2D eigenvalue weighted by atomic mass is 10.2. The van der Waals surface area contributed by atoms with Crippen LogP contribution < -0.4 is 0 Å². The molecule has 1 aliphatic carbocycles. The Bertz CT molecular complexity index is 312. The first kappa shape index (κ1) is 9.19. The van der Waals surface area contributed by atoms with Crippen molar-refractivity contribution in [3.05, 3.63) is 23.8 Å². The highest BCUT2D eigenvalue weighted by molar-refractivity contribution is 6.01. The Morgan fingerprint density at radius 1 is 1.21 bits per heavy atom. The molecule has 3 heteroatoms. The van der Waals surface area contributed by atoms with E-state index in [1.165, 1.54) is 10.5 Å². The average molecular weight is 191 g/mol. The minimum atomic E-state index is -0.0161. The topological polar surface area (TPSA) is 37.4 Å². The number of hydrogen-bond donors (Lipinski definition) is 0.